The summed E-state index contributed by atoms with van der Waals surface area (Å²) in [6.45, 7) is 1.75. The maximum absolute atomic E-state index is 11.9. The van der Waals surface area contributed by atoms with Crippen LogP contribution in [0.3, 0.4) is 0 Å². The molecule has 0 saturated carbocycles. The van der Waals surface area contributed by atoms with Gasteiger partial charge in [0, 0.05) is 32.9 Å². The van der Waals surface area contributed by atoms with Crippen LogP contribution in [0, 0.1) is 0 Å². The minimum Gasteiger partial charge on any atom is -0.370 e. The van der Waals surface area contributed by atoms with Gasteiger partial charge in [-0.05, 0) is 30.7 Å². The highest BCUT2D eigenvalue weighted by Crippen LogP contribution is 2.24. The van der Waals surface area contributed by atoms with Gasteiger partial charge in [-0.15, -0.1) is 11.6 Å². The van der Waals surface area contributed by atoms with Gasteiger partial charge in [0.25, 0.3) is 0 Å². The fraction of sp³-hybridized carbons (Fsp3) is 0.500. The largest absolute Gasteiger partial charge is 0.370 e. The lowest BCUT2D eigenvalue weighted by atomic mass is 10.3. The molecule has 6 heteroatoms. The van der Waals surface area contributed by atoms with Gasteiger partial charge in [-0.2, -0.15) is 0 Å². The Labute approximate surface area is 113 Å². The number of rotatable bonds is 3. The summed E-state index contributed by atoms with van der Waals surface area (Å²) in [6.07, 6.45) is 0.972. The van der Waals surface area contributed by atoms with E-state index in [-0.39, 0.29) is 5.38 Å². The smallest absolute Gasteiger partial charge is 0.242 e. The number of hydrogen-bond donors (Lipinski definition) is 0. The lowest BCUT2D eigenvalue weighted by molar-refractivity contribution is 0.521. The molecule has 0 aliphatic carbocycles. The number of halogens is 1. The monoisotopic (exact) mass is 288 g/mol. The van der Waals surface area contributed by atoms with Crippen molar-refractivity contribution in [2.24, 2.45) is 0 Å². The molecule has 0 bridgehead atoms. The highest BCUT2D eigenvalue weighted by Gasteiger charge is 2.22. The molecular weight excluding hydrogens is 272 g/mol. The molecule has 1 saturated heterocycles. The molecule has 0 N–H and O–H groups in total. The SMILES string of the molecule is CN(C)S(=O)(=O)c1ccc(N2CCC(Cl)C2)cc1. The zero-order chi connectivity index (χ0) is 13.3. The molecule has 0 amide bonds. The molecular formula is C12H17ClN2O2S. The second-order valence-electron chi connectivity index (χ2n) is 4.61. The van der Waals surface area contributed by atoms with Crippen LogP contribution in [0.4, 0.5) is 5.69 Å². The summed E-state index contributed by atoms with van der Waals surface area (Å²) >= 11 is 6.06. The second-order valence-corrected chi connectivity index (χ2v) is 7.38. The van der Waals surface area contributed by atoms with Crippen molar-refractivity contribution in [2.45, 2.75) is 16.7 Å². The van der Waals surface area contributed by atoms with Crippen molar-refractivity contribution in [1.82, 2.24) is 4.31 Å². The molecule has 1 aliphatic heterocycles. The van der Waals surface area contributed by atoms with E-state index in [0.717, 1.165) is 25.2 Å². The third-order valence-electron chi connectivity index (χ3n) is 3.11. The van der Waals surface area contributed by atoms with Gasteiger partial charge in [0.05, 0.1) is 10.3 Å². The molecule has 1 unspecified atom stereocenters. The molecule has 1 aromatic rings. The Bertz CT molecular complexity index is 513. The number of benzene rings is 1. The first-order chi connectivity index (χ1) is 8.41. The third kappa shape index (κ3) is 2.63. The summed E-state index contributed by atoms with van der Waals surface area (Å²) in [6, 6.07) is 6.97. The lowest BCUT2D eigenvalue weighted by Gasteiger charge is -2.18. The molecule has 1 fully saturated rings. The van der Waals surface area contributed by atoms with Crippen LogP contribution >= 0.6 is 11.6 Å². The first-order valence-corrected chi connectivity index (χ1v) is 7.70. The lowest BCUT2D eigenvalue weighted by Crippen LogP contribution is -2.23. The van der Waals surface area contributed by atoms with Crippen LogP contribution in [0.1, 0.15) is 6.42 Å². The van der Waals surface area contributed by atoms with E-state index in [0.29, 0.717) is 4.90 Å². The van der Waals surface area contributed by atoms with Crippen molar-refractivity contribution in [3.8, 4) is 0 Å². The van der Waals surface area contributed by atoms with Crippen molar-refractivity contribution in [1.29, 1.82) is 0 Å². The molecule has 100 valence electrons. The van der Waals surface area contributed by atoms with E-state index in [9.17, 15) is 8.42 Å². The van der Waals surface area contributed by atoms with Gasteiger partial charge in [-0.3, -0.25) is 0 Å². The molecule has 1 heterocycles. The van der Waals surface area contributed by atoms with Crippen molar-refractivity contribution in [3.63, 3.8) is 0 Å². The van der Waals surface area contributed by atoms with Crippen LogP contribution in [0.5, 0.6) is 0 Å². The summed E-state index contributed by atoms with van der Waals surface area (Å²) in [5, 5.41) is 0.190. The predicted molar refractivity (Wildman–Crippen MR) is 73.8 cm³/mol. The van der Waals surface area contributed by atoms with Gasteiger partial charge in [0.2, 0.25) is 10.0 Å². The van der Waals surface area contributed by atoms with Crippen molar-refractivity contribution >= 4 is 27.3 Å². The standard InChI is InChI=1S/C12H17ClN2O2S/c1-14(2)18(16,17)12-5-3-11(4-6-12)15-8-7-10(13)9-15/h3-6,10H,7-9H2,1-2H3. The average molecular weight is 289 g/mol. The van der Waals surface area contributed by atoms with Gasteiger partial charge in [-0.1, -0.05) is 0 Å². The predicted octanol–water partition coefficient (Wildman–Crippen LogP) is 1.75. The van der Waals surface area contributed by atoms with Gasteiger partial charge in [-0.25, -0.2) is 12.7 Å². The first kappa shape index (κ1) is 13.6. The Morgan fingerprint density at radius 1 is 1.28 bits per heavy atom. The van der Waals surface area contributed by atoms with Crippen LogP contribution in [0.25, 0.3) is 0 Å². The van der Waals surface area contributed by atoms with Crippen LogP contribution < -0.4 is 4.90 Å². The van der Waals surface area contributed by atoms with E-state index >= 15 is 0 Å². The Balaban J connectivity index is 2.21. The maximum atomic E-state index is 11.9. The Hall–Kier alpha value is -0.780. The minimum absolute atomic E-state index is 0.190. The van der Waals surface area contributed by atoms with E-state index in [1.165, 1.54) is 18.4 Å². The van der Waals surface area contributed by atoms with Gasteiger partial charge in [0.15, 0.2) is 0 Å². The molecule has 1 aliphatic rings. The minimum atomic E-state index is -3.34. The molecule has 1 aromatic carbocycles. The molecule has 2 rings (SSSR count). The number of hydrogen-bond acceptors (Lipinski definition) is 3. The highest BCUT2D eigenvalue weighted by atomic mass is 35.5. The fourth-order valence-corrected chi connectivity index (χ4v) is 3.16. The fourth-order valence-electron chi connectivity index (χ4n) is 1.99. The van der Waals surface area contributed by atoms with Crippen molar-refractivity contribution < 1.29 is 8.42 Å². The third-order valence-corrected chi connectivity index (χ3v) is 5.30. The van der Waals surface area contributed by atoms with Gasteiger partial charge in [0.1, 0.15) is 0 Å². The number of nitrogens with zero attached hydrogens (tertiary/aromatic N) is 2. The highest BCUT2D eigenvalue weighted by molar-refractivity contribution is 7.89. The molecule has 18 heavy (non-hydrogen) atoms. The van der Waals surface area contributed by atoms with Gasteiger partial charge < -0.3 is 4.90 Å². The van der Waals surface area contributed by atoms with Crippen LogP contribution in [0.2, 0.25) is 0 Å². The summed E-state index contributed by atoms with van der Waals surface area (Å²) in [5.74, 6) is 0. The van der Waals surface area contributed by atoms with E-state index < -0.39 is 10.0 Å². The molecule has 4 nitrogen and oxygen atoms in total. The second kappa shape index (κ2) is 5.07. The normalized spacial score (nSPS) is 20.7. The van der Waals surface area contributed by atoms with E-state index in [2.05, 4.69) is 4.90 Å². The van der Waals surface area contributed by atoms with Crippen molar-refractivity contribution in [3.05, 3.63) is 24.3 Å². The van der Waals surface area contributed by atoms with E-state index in [1.807, 2.05) is 12.1 Å². The zero-order valence-electron chi connectivity index (χ0n) is 10.5. The van der Waals surface area contributed by atoms with Crippen LogP contribution in [-0.4, -0.2) is 45.3 Å². The molecule has 0 radical (unpaired) electrons. The number of anilines is 1. The molecule has 1 atom stereocenters. The quantitative estimate of drug-likeness (QED) is 0.796. The van der Waals surface area contributed by atoms with Crippen LogP contribution in [-0.2, 0) is 10.0 Å². The maximum Gasteiger partial charge on any atom is 0.242 e. The Morgan fingerprint density at radius 3 is 2.33 bits per heavy atom. The Kier molecular flexibility index (Phi) is 3.84. The van der Waals surface area contributed by atoms with Gasteiger partial charge >= 0.3 is 0 Å². The summed E-state index contributed by atoms with van der Waals surface area (Å²) in [4.78, 5) is 2.49. The molecule has 0 aromatic heterocycles. The van der Waals surface area contributed by atoms with Crippen LogP contribution in [0.15, 0.2) is 29.2 Å². The number of alkyl halides is 1. The van der Waals surface area contributed by atoms with E-state index in [1.54, 1.807) is 12.1 Å². The topological polar surface area (TPSA) is 40.6 Å². The summed E-state index contributed by atoms with van der Waals surface area (Å²) in [7, 11) is -0.280. The molecule has 0 spiro atoms. The summed E-state index contributed by atoms with van der Waals surface area (Å²) < 4.78 is 25.0. The summed E-state index contributed by atoms with van der Waals surface area (Å²) in [5.41, 5.74) is 1.02. The first-order valence-electron chi connectivity index (χ1n) is 5.83. The van der Waals surface area contributed by atoms with Crippen molar-refractivity contribution in [2.75, 3.05) is 32.1 Å². The Morgan fingerprint density at radius 2 is 1.89 bits per heavy atom. The number of sulfonamides is 1. The van der Waals surface area contributed by atoms with E-state index in [4.69, 9.17) is 11.6 Å². The zero-order valence-corrected chi connectivity index (χ0v) is 12.1. The average Bonchev–Trinajstić information content (AvgIpc) is 2.76.